The highest BCUT2D eigenvalue weighted by atomic mass is 16.7. The second kappa shape index (κ2) is 9.66. The van der Waals surface area contributed by atoms with E-state index in [0.717, 1.165) is 60.2 Å². The van der Waals surface area contributed by atoms with E-state index in [1.54, 1.807) is 0 Å². The van der Waals surface area contributed by atoms with Crippen LogP contribution in [0.5, 0.6) is 11.5 Å². The minimum atomic E-state index is -0.545. The zero-order valence-corrected chi connectivity index (χ0v) is 22.8. The number of aromatic amines is 1. The number of rotatable bonds is 5. The lowest BCUT2D eigenvalue weighted by Gasteiger charge is -2.48. The Morgan fingerprint density at radius 1 is 0.927 bits per heavy atom. The molecule has 41 heavy (non-hydrogen) atoms. The number of para-hydroxylation sites is 1. The smallest absolute Gasteiger partial charge is 0.246 e. The van der Waals surface area contributed by atoms with Crippen LogP contribution >= 0.6 is 0 Å². The molecular formula is C33H32N4O4. The summed E-state index contributed by atoms with van der Waals surface area (Å²) >= 11 is 0. The quantitative estimate of drug-likeness (QED) is 0.410. The number of nitrogens with zero attached hydrogens (tertiary/aromatic N) is 3. The monoisotopic (exact) mass is 548 g/mol. The zero-order valence-electron chi connectivity index (χ0n) is 22.8. The fourth-order valence-electron chi connectivity index (χ4n) is 7.23. The van der Waals surface area contributed by atoms with Crippen LogP contribution in [0.25, 0.3) is 10.9 Å². The number of nitrogens with one attached hydrogen (secondary N) is 1. The number of carbonyl (C=O) groups excluding carboxylic acids is 2. The van der Waals surface area contributed by atoms with Crippen molar-refractivity contribution < 1.29 is 19.1 Å². The van der Waals surface area contributed by atoms with Crippen molar-refractivity contribution in [2.45, 2.75) is 37.4 Å². The number of H-pyrrole nitrogens is 1. The van der Waals surface area contributed by atoms with Gasteiger partial charge in [-0.25, -0.2) is 0 Å². The molecule has 0 unspecified atom stereocenters. The van der Waals surface area contributed by atoms with Crippen LogP contribution in [-0.4, -0.2) is 76.6 Å². The number of ether oxygens (including phenoxy) is 2. The Kier molecular flexibility index (Phi) is 5.77. The van der Waals surface area contributed by atoms with E-state index in [-0.39, 0.29) is 31.2 Å². The molecule has 1 aromatic heterocycles. The zero-order chi connectivity index (χ0) is 27.5. The molecule has 2 saturated heterocycles. The molecule has 5 heterocycles. The SMILES string of the molecule is O=C1[C@H]2Cc3c([nH]c4ccccc34)[C@@H](c3ccc4c(c3)OCO4)N2C(=O)CN1[C@H]1CCN(CCc2ccccc2)C1. The van der Waals surface area contributed by atoms with Gasteiger partial charge in [-0.15, -0.1) is 0 Å². The Morgan fingerprint density at radius 2 is 1.76 bits per heavy atom. The van der Waals surface area contributed by atoms with Crippen molar-refractivity contribution in [3.8, 4) is 11.5 Å². The van der Waals surface area contributed by atoms with Crippen molar-refractivity contribution in [2.75, 3.05) is 33.0 Å². The summed E-state index contributed by atoms with van der Waals surface area (Å²) in [6.45, 7) is 3.00. The molecule has 8 nitrogen and oxygen atoms in total. The van der Waals surface area contributed by atoms with E-state index in [1.165, 1.54) is 5.56 Å². The van der Waals surface area contributed by atoms with E-state index in [0.29, 0.717) is 17.9 Å². The topological polar surface area (TPSA) is 78.1 Å². The predicted molar refractivity (Wildman–Crippen MR) is 154 cm³/mol. The van der Waals surface area contributed by atoms with E-state index < -0.39 is 12.1 Å². The number of aromatic nitrogens is 1. The lowest BCUT2D eigenvalue weighted by Crippen LogP contribution is -2.65. The molecule has 0 bridgehead atoms. The van der Waals surface area contributed by atoms with Gasteiger partial charge in [-0.05, 0) is 47.7 Å². The van der Waals surface area contributed by atoms with Crippen LogP contribution in [0.15, 0.2) is 72.8 Å². The molecule has 1 N–H and O–H groups in total. The summed E-state index contributed by atoms with van der Waals surface area (Å²) in [5.41, 5.74) is 5.34. The first-order chi connectivity index (χ1) is 20.1. The van der Waals surface area contributed by atoms with Crippen molar-refractivity contribution in [1.29, 1.82) is 0 Å². The molecule has 3 aromatic carbocycles. The summed E-state index contributed by atoms with van der Waals surface area (Å²) in [4.78, 5) is 38.0. The van der Waals surface area contributed by atoms with Crippen molar-refractivity contribution in [1.82, 2.24) is 19.7 Å². The van der Waals surface area contributed by atoms with Crippen LogP contribution in [0.4, 0.5) is 0 Å². The molecule has 8 rings (SSSR count). The molecular weight excluding hydrogens is 516 g/mol. The molecule has 4 aromatic rings. The number of hydrogen-bond acceptors (Lipinski definition) is 5. The second-order valence-corrected chi connectivity index (χ2v) is 11.5. The summed E-state index contributed by atoms with van der Waals surface area (Å²) in [7, 11) is 0. The molecule has 3 atom stereocenters. The van der Waals surface area contributed by atoms with Gasteiger partial charge < -0.3 is 29.2 Å². The highest BCUT2D eigenvalue weighted by Gasteiger charge is 2.50. The van der Waals surface area contributed by atoms with Crippen molar-refractivity contribution in [3.63, 3.8) is 0 Å². The minimum absolute atomic E-state index is 0.00990. The van der Waals surface area contributed by atoms with Gasteiger partial charge in [0.05, 0.1) is 6.04 Å². The van der Waals surface area contributed by atoms with E-state index in [2.05, 4.69) is 46.3 Å². The first-order valence-electron chi connectivity index (χ1n) is 14.5. The normalized spacial score (nSPS) is 23.8. The lowest BCUT2D eigenvalue weighted by atomic mass is 9.85. The first-order valence-corrected chi connectivity index (χ1v) is 14.5. The maximum Gasteiger partial charge on any atom is 0.246 e. The summed E-state index contributed by atoms with van der Waals surface area (Å²) in [6.07, 6.45) is 2.38. The fourth-order valence-corrected chi connectivity index (χ4v) is 7.23. The van der Waals surface area contributed by atoms with Gasteiger partial charge in [0.25, 0.3) is 0 Å². The minimum Gasteiger partial charge on any atom is -0.454 e. The molecule has 0 saturated carbocycles. The summed E-state index contributed by atoms with van der Waals surface area (Å²) in [5, 5.41) is 1.11. The van der Waals surface area contributed by atoms with Gasteiger partial charge in [0.2, 0.25) is 18.6 Å². The molecule has 0 radical (unpaired) electrons. The Morgan fingerprint density at radius 3 is 2.66 bits per heavy atom. The Hall–Kier alpha value is -4.30. The summed E-state index contributed by atoms with van der Waals surface area (Å²) in [5.74, 6) is 1.41. The van der Waals surface area contributed by atoms with Gasteiger partial charge in [-0.2, -0.15) is 0 Å². The Balaban J connectivity index is 1.10. The Labute approximate surface area is 238 Å². The van der Waals surface area contributed by atoms with Crippen LogP contribution in [0.1, 0.15) is 34.8 Å². The molecule has 2 fully saturated rings. The molecule has 4 aliphatic heterocycles. The fraction of sp³-hybridized carbons (Fsp3) is 0.333. The van der Waals surface area contributed by atoms with Crippen LogP contribution < -0.4 is 9.47 Å². The molecule has 0 aliphatic carbocycles. The first kappa shape index (κ1) is 24.5. The number of benzene rings is 3. The van der Waals surface area contributed by atoms with Crippen LogP contribution in [0.3, 0.4) is 0 Å². The number of piperazine rings is 1. The molecule has 8 heteroatoms. The van der Waals surface area contributed by atoms with Gasteiger partial charge >= 0.3 is 0 Å². The average Bonchev–Trinajstić information content (AvgIpc) is 3.75. The van der Waals surface area contributed by atoms with Crippen LogP contribution in [0, 0.1) is 0 Å². The third-order valence-electron chi connectivity index (χ3n) is 9.25. The van der Waals surface area contributed by atoms with Crippen LogP contribution in [-0.2, 0) is 22.4 Å². The second-order valence-electron chi connectivity index (χ2n) is 11.5. The summed E-state index contributed by atoms with van der Waals surface area (Å²) < 4.78 is 11.2. The average molecular weight is 549 g/mol. The van der Waals surface area contributed by atoms with Gasteiger partial charge in [0.1, 0.15) is 12.6 Å². The van der Waals surface area contributed by atoms with E-state index in [4.69, 9.17) is 9.47 Å². The maximum absolute atomic E-state index is 14.3. The summed E-state index contributed by atoms with van der Waals surface area (Å²) in [6, 6.07) is 23.7. The third kappa shape index (κ3) is 4.08. The van der Waals surface area contributed by atoms with Crippen molar-refractivity contribution in [3.05, 3.63) is 95.2 Å². The largest absolute Gasteiger partial charge is 0.454 e. The number of carbonyl (C=O) groups is 2. The Bertz CT molecular complexity index is 1650. The van der Waals surface area contributed by atoms with E-state index in [1.807, 2.05) is 46.2 Å². The van der Waals surface area contributed by atoms with E-state index >= 15 is 0 Å². The molecule has 208 valence electrons. The predicted octanol–water partition coefficient (Wildman–Crippen LogP) is 3.90. The van der Waals surface area contributed by atoms with E-state index in [9.17, 15) is 9.59 Å². The highest BCUT2D eigenvalue weighted by Crippen LogP contribution is 2.45. The van der Waals surface area contributed by atoms with Crippen molar-refractivity contribution >= 4 is 22.7 Å². The lowest BCUT2D eigenvalue weighted by molar-refractivity contribution is -0.160. The van der Waals surface area contributed by atoms with Gasteiger partial charge in [-0.3, -0.25) is 9.59 Å². The van der Waals surface area contributed by atoms with Gasteiger partial charge in [0, 0.05) is 48.7 Å². The number of likely N-dealkylation sites (tertiary alicyclic amines) is 1. The number of amides is 2. The van der Waals surface area contributed by atoms with Crippen molar-refractivity contribution in [2.24, 2.45) is 0 Å². The maximum atomic E-state index is 14.3. The molecule has 2 amide bonds. The molecule has 4 aliphatic rings. The number of hydrogen-bond donors (Lipinski definition) is 1. The number of fused-ring (bicyclic) bond motifs is 5. The third-order valence-corrected chi connectivity index (χ3v) is 9.25. The highest BCUT2D eigenvalue weighted by molar-refractivity contribution is 5.98. The van der Waals surface area contributed by atoms with Crippen LogP contribution in [0.2, 0.25) is 0 Å². The molecule has 0 spiro atoms. The van der Waals surface area contributed by atoms with Gasteiger partial charge in [-0.1, -0.05) is 54.6 Å². The van der Waals surface area contributed by atoms with Gasteiger partial charge in [0.15, 0.2) is 11.5 Å². The standard InChI is InChI=1S/C33H32N4O4/c38-30-19-36(23-13-15-35(18-23)14-12-21-6-2-1-3-7-21)33(39)27-17-25-24-8-4-5-9-26(24)34-31(25)32(37(27)30)22-10-11-28-29(16-22)41-20-40-28/h1-11,16,23,27,32,34H,12-15,17-20H2/t23-,27+,32+/m0/s1.